The van der Waals surface area contributed by atoms with Crippen LogP contribution >= 0.6 is 0 Å². The lowest BCUT2D eigenvalue weighted by Crippen LogP contribution is -2.35. The van der Waals surface area contributed by atoms with E-state index in [1.165, 1.54) is 50.0 Å². The molecule has 2 heterocycles. The Morgan fingerprint density at radius 3 is 2.95 bits per heavy atom. The first-order valence-electron chi connectivity index (χ1n) is 7.42. The van der Waals surface area contributed by atoms with Crippen molar-refractivity contribution in [3.05, 3.63) is 17.0 Å². The number of hydrogen-bond donors (Lipinski definition) is 1. The van der Waals surface area contributed by atoms with E-state index in [-0.39, 0.29) is 0 Å². The number of ether oxygens (including phenoxy) is 1. The molecule has 1 aromatic rings. The lowest BCUT2D eigenvalue weighted by Gasteiger charge is -2.32. The third-order valence-electron chi connectivity index (χ3n) is 4.23. The van der Waals surface area contributed by atoms with Crippen LogP contribution in [-0.4, -0.2) is 41.9 Å². The number of aromatic amines is 1. The summed E-state index contributed by atoms with van der Waals surface area (Å²) in [6.45, 7) is 8.62. The van der Waals surface area contributed by atoms with Crippen LogP contribution in [0.25, 0.3) is 0 Å². The highest BCUT2D eigenvalue weighted by Crippen LogP contribution is 2.23. The molecule has 1 N–H and O–H groups in total. The third-order valence-corrected chi connectivity index (χ3v) is 4.23. The number of piperidine rings is 1. The van der Waals surface area contributed by atoms with E-state index in [0.717, 1.165) is 24.8 Å². The van der Waals surface area contributed by atoms with Crippen molar-refractivity contribution >= 4 is 0 Å². The Bertz CT molecular complexity index is 369. The Labute approximate surface area is 116 Å². The van der Waals surface area contributed by atoms with Crippen molar-refractivity contribution in [3.63, 3.8) is 0 Å². The van der Waals surface area contributed by atoms with Gasteiger partial charge in [-0.15, -0.1) is 0 Å². The number of H-pyrrole nitrogens is 1. The van der Waals surface area contributed by atoms with Crippen LogP contribution in [0.1, 0.15) is 42.6 Å². The summed E-state index contributed by atoms with van der Waals surface area (Å²) in [5, 5.41) is 7.38. The van der Waals surface area contributed by atoms with Crippen molar-refractivity contribution in [1.29, 1.82) is 0 Å². The molecule has 0 spiro atoms. The van der Waals surface area contributed by atoms with Gasteiger partial charge >= 0.3 is 0 Å². The average Bonchev–Trinajstić information content (AvgIpc) is 2.72. The highest BCUT2D eigenvalue weighted by molar-refractivity contribution is 5.22. The van der Waals surface area contributed by atoms with E-state index in [2.05, 4.69) is 28.9 Å². The molecular formula is C15H27N3O. The smallest absolute Gasteiger partial charge is 0.0639 e. The lowest BCUT2D eigenvalue weighted by molar-refractivity contribution is 0.142. The lowest BCUT2D eigenvalue weighted by atomic mass is 9.93. The van der Waals surface area contributed by atoms with E-state index < -0.39 is 0 Å². The van der Waals surface area contributed by atoms with Crippen molar-refractivity contribution in [2.24, 2.45) is 5.92 Å². The quantitative estimate of drug-likeness (QED) is 0.804. The van der Waals surface area contributed by atoms with E-state index in [1.807, 2.05) is 0 Å². The largest absolute Gasteiger partial charge is 0.385 e. The normalized spacial score (nSPS) is 20.9. The maximum absolute atomic E-state index is 5.15. The van der Waals surface area contributed by atoms with Crippen LogP contribution in [-0.2, 0) is 11.3 Å². The van der Waals surface area contributed by atoms with Crippen molar-refractivity contribution in [2.75, 3.05) is 26.8 Å². The predicted octanol–water partition coefficient (Wildman–Crippen LogP) is 2.67. The van der Waals surface area contributed by atoms with Gasteiger partial charge in [-0.1, -0.05) is 0 Å². The van der Waals surface area contributed by atoms with Crippen molar-refractivity contribution in [2.45, 2.75) is 46.1 Å². The van der Waals surface area contributed by atoms with Crippen molar-refractivity contribution < 1.29 is 4.74 Å². The summed E-state index contributed by atoms with van der Waals surface area (Å²) < 4.78 is 5.15. The van der Waals surface area contributed by atoms with Crippen LogP contribution in [0.3, 0.4) is 0 Å². The zero-order valence-corrected chi connectivity index (χ0v) is 12.5. The molecule has 108 valence electrons. The highest BCUT2D eigenvalue weighted by Gasteiger charge is 2.21. The summed E-state index contributed by atoms with van der Waals surface area (Å²) in [6.07, 6.45) is 5.20. The minimum atomic E-state index is 0.844. The maximum Gasteiger partial charge on any atom is 0.0639 e. The first-order valence-corrected chi connectivity index (χ1v) is 7.42. The van der Waals surface area contributed by atoms with Gasteiger partial charge in [0.25, 0.3) is 0 Å². The number of hydrogen-bond acceptors (Lipinski definition) is 3. The number of nitrogens with zero attached hydrogens (tertiary/aromatic N) is 2. The number of nitrogens with one attached hydrogen (secondary N) is 1. The Morgan fingerprint density at radius 1 is 1.42 bits per heavy atom. The fourth-order valence-electron chi connectivity index (χ4n) is 3.08. The predicted molar refractivity (Wildman–Crippen MR) is 77.2 cm³/mol. The third kappa shape index (κ3) is 4.05. The first kappa shape index (κ1) is 14.5. The van der Waals surface area contributed by atoms with E-state index in [1.54, 1.807) is 7.11 Å². The molecule has 0 amide bonds. The van der Waals surface area contributed by atoms with Gasteiger partial charge in [-0.3, -0.25) is 10.00 Å². The average molecular weight is 265 g/mol. The van der Waals surface area contributed by atoms with Crippen LogP contribution in [0.15, 0.2) is 0 Å². The highest BCUT2D eigenvalue weighted by atomic mass is 16.5. The van der Waals surface area contributed by atoms with E-state index in [9.17, 15) is 0 Å². The molecule has 0 saturated carbocycles. The molecule has 0 radical (unpaired) electrons. The molecule has 4 nitrogen and oxygen atoms in total. The van der Waals surface area contributed by atoms with E-state index in [4.69, 9.17) is 4.74 Å². The van der Waals surface area contributed by atoms with E-state index in [0.29, 0.717) is 0 Å². The standard InChI is InChI=1S/C15H27N3O/c1-12-15(13(2)17-16-12)11-18-8-4-6-14(10-18)7-5-9-19-3/h14H,4-11H2,1-3H3,(H,16,17). The van der Waals surface area contributed by atoms with Gasteiger partial charge < -0.3 is 4.74 Å². The number of rotatable bonds is 6. The Hall–Kier alpha value is -0.870. The van der Waals surface area contributed by atoms with Gasteiger partial charge in [0.1, 0.15) is 0 Å². The SMILES string of the molecule is COCCCC1CCCN(Cc2c(C)n[nH]c2C)C1. The molecular weight excluding hydrogens is 238 g/mol. The molecule has 1 aliphatic heterocycles. The zero-order chi connectivity index (χ0) is 13.7. The van der Waals surface area contributed by atoms with Gasteiger partial charge in [0, 0.05) is 38.1 Å². The Kier molecular flexibility index (Phi) is 5.40. The second-order valence-electron chi connectivity index (χ2n) is 5.79. The molecule has 4 heteroatoms. The van der Waals surface area contributed by atoms with Gasteiger partial charge in [-0.2, -0.15) is 5.10 Å². The van der Waals surface area contributed by atoms with Gasteiger partial charge in [-0.05, 0) is 52.0 Å². The molecule has 1 aromatic heterocycles. The molecule has 19 heavy (non-hydrogen) atoms. The number of methoxy groups -OCH3 is 1. The molecule has 0 aromatic carbocycles. The van der Waals surface area contributed by atoms with Crippen LogP contribution < -0.4 is 0 Å². The minimum Gasteiger partial charge on any atom is -0.385 e. The molecule has 1 unspecified atom stereocenters. The van der Waals surface area contributed by atoms with Crippen LogP contribution in [0.2, 0.25) is 0 Å². The fraction of sp³-hybridized carbons (Fsp3) is 0.800. The topological polar surface area (TPSA) is 41.1 Å². The summed E-state index contributed by atoms with van der Waals surface area (Å²) in [6, 6.07) is 0. The Balaban J connectivity index is 1.84. The maximum atomic E-state index is 5.15. The first-order chi connectivity index (χ1) is 9.20. The minimum absolute atomic E-state index is 0.844. The van der Waals surface area contributed by atoms with Gasteiger partial charge in [0.2, 0.25) is 0 Å². The molecule has 0 aliphatic carbocycles. The summed E-state index contributed by atoms with van der Waals surface area (Å²) >= 11 is 0. The second-order valence-corrected chi connectivity index (χ2v) is 5.79. The van der Waals surface area contributed by atoms with Gasteiger partial charge in [0.15, 0.2) is 0 Å². The van der Waals surface area contributed by atoms with Crippen LogP contribution in [0, 0.1) is 19.8 Å². The molecule has 1 atom stereocenters. The number of aryl methyl sites for hydroxylation is 2. The number of aromatic nitrogens is 2. The van der Waals surface area contributed by atoms with Gasteiger partial charge in [0.05, 0.1) is 5.69 Å². The molecule has 1 aliphatic rings. The van der Waals surface area contributed by atoms with E-state index >= 15 is 0 Å². The summed E-state index contributed by atoms with van der Waals surface area (Å²) in [4.78, 5) is 2.59. The Morgan fingerprint density at radius 2 is 2.26 bits per heavy atom. The molecule has 2 rings (SSSR count). The number of likely N-dealkylation sites (tertiary alicyclic amines) is 1. The van der Waals surface area contributed by atoms with Crippen LogP contribution in [0.5, 0.6) is 0 Å². The zero-order valence-electron chi connectivity index (χ0n) is 12.5. The summed E-state index contributed by atoms with van der Waals surface area (Å²) in [5.74, 6) is 0.844. The van der Waals surface area contributed by atoms with Crippen molar-refractivity contribution in [3.8, 4) is 0 Å². The molecule has 1 fully saturated rings. The summed E-state index contributed by atoms with van der Waals surface area (Å²) in [5.41, 5.74) is 3.76. The fourth-order valence-corrected chi connectivity index (χ4v) is 3.08. The van der Waals surface area contributed by atoms with Crippen molar-refractivity contribution in [1.82, 2.24) is 15.1 Å². The second kappa shape index (κ2) is 7.06. The summed E-state index contributed by atoms with van der Waals surface area (Å²) in [7, 11) is 1.79. The molecule has 1 saturated heterocycles. The van der Waals surface area contributed by atoms with Gasteiger partial charge in [-0.25, -0.2) is 0 Å². The molecule has 0 bridgehead atoms. The van der Waals surface area contributed by atoms with Crippen LogP contribution in [0.4, 0.5) is 0 Å². The monoisotopic (exact) mass is 265 g/mol.